The molecule has 0 aromatic carbocycles. The van der Waals surface area contributed by atoms with Crippen molar-refractivity contribution in [2.24, 2.45) is 0 Å². The van der Waals surface area contributed by atoms with Crippen LogP contribution in [0.25, 0.3) is 0 Å². The van der Waals surface area contributed by atoms with Crippen molar-refractivity contribution in [2.75, 3.05) is 6.54 Å². The highest BCUT2D eigenvalue weighted by Gasteiger charge is 2.14. The average Bonchev–Trinajstić information content (AvgIpc) is 2.62. The molecule has 1 unspecified atom stereocenters. The predicted octanol–water partition coefficient (Wildman–Crippen LogP) is 7.21. The molecule has 0 aromatic heterocycles. The molecule has 0 heterocycles. The second-order valence-electron chi connectivity index (χ2n) is 7.73. The summed E-state index contributed by atoms with van der Waals surface area (Å²) in [7, 11) is 0. The zero-order valence-corrected chi connectivity index (χ0v) is 17.7. The van der Waals surface area contributed by atoms with Crippen LogP contribution in [-0.4, -0.2) is 18.4 Å². The van der Waals surface area contributed by atoms with E-state index in [0.717, 1.165) is 25.8 Å². The molecule has 0 amide bonds. The summed E-state index contributed by atoms with van der Waals surface area (Å²) < 4.78 is 0. The summed E-state index contributed by atoms with van der Waals surface area (Å²) in [5.41, 5.74) is 0. The van der Waals surface area contributed by atoms with Crippen molar-refractivity contribution < 1.29 is 4.79 Å². The normalized spacial score (nSPS) is 12.4. The molecule has 0 aliphatic carbocycles. The van der Waals surface area contributed by atoms with Crippen molar-refractivity contribution in [2.45, 2.75) is 136 Å². The lowest BCUT2D eigenvalue weighted by atomic mass is 10.0. The molecule has 2 nitrogen and oxygen atoms in total. The number of carbonyl (C=O) groups excluding carboxylic acids is 1. The third-order valence-corrected chi connectivity index (χ3v) is 5.24. The minimum Gasteiger partial charge on any atom is -0.307 e. The van der Waals surface area contributed by atoms with Crippen LogP contribution in [0.3, 0.4) is 0 Å². The number of hydrogen-bond acceptors (Lipinski definition) is 2. The number of nitrogens with one attached hydrogen (secondary N) is 1. The molecule has 0 aromatic rings. The lowest BCUT2D eigenvalue weighted by molar-refractivity contribution is -0.121. The van der Waals surface area contributed by atoms with Gasteiger partial charge in [-0.05, 0) is 25.8 Å². The lowest BCUT2D eigenvalue weighted by Gasteiger charge is -2.15. The largest absolute Gasteiger partial charge is 0.307 e. The van der Waals surface area contributed by atoms with Gasteiger partial charge in [0.1, 0.15) is 5.78 Å². The van der Waals surface area contributed by atoms with Crippen LogP contribution in [0.15, 0.2) is 0 Å². The van der Waals surface area contributed by atoms with Crippen LogP contribution in [0.2, 0.25) is 0 Å². The van der Waals surface area contributed by atoms with Crippen molar-refractivity contribution in [1.29, 1.82) is 0 Å². The van der Waals surface area contributed by atoms with Crippen molar-refractivity contribution >= 4 is 5.78 Å². The van der Waals surface area contributed by atoms with Gasteiger partial charge in [0, 0.05) is 6.42 Å². The van der Waals surface area contributed by atoms with Crippen LogP contribution in [0.4, 0.5) is 0 Å². The van der Waals surface area contributed by atoms with Crippen molar-refractivity contribution in [3.05, 3.63) is 0 Å². The first-order chi connectivity index (χ1) is 12.3. The van der Waals surface area contributed by atoms with E-state index in [1.165, 1.54) is 89.9 Å². The van der Waals surface area contributed by atoms with Gasteiger partial charge in [-0.1, -0.05) is 104 Å². The lowest BCUT2D eigenvalue weighted by Crippen LogP contribution is -2.36. The summed E-state index contributed by atoms with van der Waals surface area (Å²) in [4.78, 5) is 12.2. The first kappa shape index (κ1) is 24.6. The van der Waals surface area contributed by atoms with Crippen LogP contribution in [0.1, 0.15) is 130 Å². The van der Waals surface area contributed by atoms with Gasteiger partial charge in [0.05, 0.1) is 6.04 Å². The second kappa shape index (κ2) is 19.9. The SMILES string of the molecule is CCCCCCCCCCCCCCCC(=O)C(CC)NCCCC. The van der Waals surface area contributed by atoms with Gasteiger partial charge in [-0.25, -0.2) is 0 Å². The second-order valence-corrected chi connectivity index (χ2v) is 7.73. The van der Waals surface area contributed by atoms with E-state index in [2.05, 4.69) is 26.1 Å². The Bertz CT molecular complexity index is 277. The van der Waals surface area contributed by atoms with Gasteiger partial charge in [0.2, 0.25) is 0 Å². The summed E-state index contributed by atoms with van der Waals surface area (Å²) in [6, 6.07) is 0.101. The minimum absolute atomic E-state index is 0.101. The fourth-order valence-corrected chi connectivity index (χ4v) is 3.43. The van der Waals surface area contributed by atoms with Gasteiger partial charge < -0.3 is 5.32 Å². The fourth-order valence-electron chi connectivity index (χ4n) is 3.43. The van der Waals surface area contributed by atoms with E-state index in [0.29, 0.717) is 5.78 Å². The Balaban J connectivity index is 3.35. The number of ketones is 1. The molecule has 0 saturated heterocycles. The van der Waals surface area contributed by atoms with Gasteiger partial charge in [0.25, 0.3) is 0 Å². The molecule has 0 aliphatic rings. The van der Waals surface area contributed by atoms with E-state index in [1.54, 1.807) is 0 Å². The van der Waals surface area contributed by atoms with E-state index >= 15 is 0 Å². The number of unbranched alkanes of at least 4 members (excludes halogenated alkanes) is 13. The summed E-state index contributed by atoms with van der Waals surface area (Å²) in [6.45, 7) is 7.57. The highest BCUT2D eigenvalue weighted by Crippen LogP contribution is 2.13. The number of hydrogen-bond donors (Lipinski definition) is 1. The maximum Gasteiger partial charge on any atom is 0.149 e. The summed E-state index contributed by atoms with van der Waals surface area (Å²) in [5.74, 6) is 0.432. The molecule has 0 rings (SSSR count). The molecule has 1 atom stereocenters. The zero-order chi connectivity index (χ0) is 18.6. The molecule has 0 bridgehead atoms. The molecule has 150 valence electrons. The highest BCUT2D eigenvalue weighted by atomic mass is 16.1. The van der Waals surface area contributed by atoms with Gasteiger partial charge in [-0.3, -0.25) is 4.79 Å². The van der Waals surface area contributed by atoms with E-state index < -0.39 is 0 Å². The van der Waals surface area contributed by atoms with E-state index in [9.17, 15) is 4.79 Å². The van der Waals surface area contributed by atoms with Crippen molar-refractivity contribution in [3.8, 4) is 0 Å². The summed E-state index contributed by atoms with van der Waals surface area (Å²) in [5, 5.41) is 3.42. The molecule has 2 heteroatoms. The zero-order valence-electron chi connectivity index (χ0n) is 17.7. The Labute approximate surface area is 158 Å². The maximum absolute atomic E-state index is 12.2. The molecule has 0 radical (unpaired) electrons. The fraction of sp³-hybridized carbons (Fsp3) is 0.957. The molecule has 1 N–H and O–H groups in total. The molecular formula is C23H47NO. The van der Waals surface area contributed by atoms with Gasteiger partial charge in [0.15, 0.2) is 0 Å². The van der Waals surface area contributed by atoms with Crippen molar-refractivity contribution in [1.82, 2.24) is 5.32 Å². The Morgan fingerprint density at radius 2 is 1.08 bits per heavy atom. The molecule has 0 fully saturated rings. The first-order valence-electron chi connectivity index (χ1n) is 11.5. The number of rotatable bonds is 20. The summed E-state index contributed by atoms with van der Waals surface area (Å²) in [6.07, 6.45) is 21.8. The number of carbonyl (C=O) groups is 1. The Morgan fingerprint density at radius 3 is 1.52 bits per heavy atom. The van der Waals surface area contributed by atoms with Gasteiger partial charge in [-0.2, -0.15) is 0 Å². The first-order valence-corrected chi connectivity index (χ1v) is 11.5. The van der Waals surface area contributed by atoms with Crippen LogP contribution in [0.5, 0.6) is 0 Å². The van der Waals surface area contributed by atoms with Crippen LogP contribution in [-0.2, 0) is 4.79 Å². The molecule has 0 aliphatic heterocycles. The average molecular weight is 354 g/mol. The Kier molecular flexibility index (Phi) is 19.7. The maximum atomic E-state index is 12.2. The molecule has 25 heavy (non-hydrogen) atoms. The molecule has 0 spiro atoms. The van der Waals surface area contributed by atoms with Crippen LogP contribution in [0, 0.1) is 0 Å². The van der Waals surface area contributed by atoms with Crippen molar-refractivity contribution in [3.63, 3.8) is 0 Å². The van der Waals surface area contributed by atoms with Gasteiger partial charge in [-0.15, -0.1) is 0 Å². The summed E-state index contributed by atoms with van der Waals surface area (Å²) >= 11 is 0. The Morgan fingerprint density at radius 1 is 0.640 bits per heavy atom. The van der Waals surface area contributed by atoms with E-state index in [4.69, 9.17) is 0 Å². The Hall–Kier alpha value is -0.370. The van der Waals surface area contributed by atoms with Crippen LogP contribution < -0.4 is 5.32 Å². The molecular weight excluding hydrogens is 306 g/mol. The van der Waals surface area contributed by atoms with E-state index in [-0.39, 0.29) is 6.04 Å². The highest BCUT2D eigenvalue weighted by molar-refractivity contribution is 5.83. The number of Topliss-reactive ketones (excluding diaryl/α,β-unsaturated/α-hetero) is 1. The topological polar surface area (TPSA) is 29.1 Å². The standard InChI is InChI=1S/C23H47NO/c1-4-7-9-10-11-12-13-14-15-16-17-18-19-20-23(25)22(6-3)24-21-8-5-2/h22,24H,4-21H2,1-3H3. The third kappa shape index (κ3) is 16.8. The van der Waals surface area contributed by atoms with E-state index in [1.807, 2.05) is 0 Å². The monoisotopic (exact) mass is 353 g/mol. The smallest absolute Gasteiger partial charge is 0.149 e. The predicted molar refractivity (Wildman–Crippen MR) is 112 cm³/mol. The minimum atomic E-state index is 0.101. The van der Waals surface area contributed by atoms with Crippen LogP contribution >= 0.6 is 0 Å². The van der Waals surface area contributed by atoms with Gasteiger partial charge >= 0.3 is 0 Å². The third-order valence-electron chi connectivity index (χ3n) is 5.24. The quantitative estimate of drug-likeness (QED) is 0.234. The molecule has 0 saturated carbocycles.